The predicted molar refractivity (Wildman–Crippen MR) is 272 cm³/mol. The van der Waals surface area contributed by atoms with E-state index in [0.717, 1.165) is 34.1 Å². The molecule has 0 N–H and O–H groups in total. The quantitative estimate of drug-likeness (QED) is 0.128. The summed E-state index contributed by atoms with van der Waals surface area (Å²) in [6.07, 6.45) is 0. The summed E-state index contributed by atoms with van der Waals surface area (Å²) in [7, 11) is 0. The Morgan fingerprint density at radius 2 is 0.328 bits per heavy atom. The van der Waals surface area contributed by atoms with Crippen LogP contribution in [0.2, 0.25) is 0 Å². The van der Waals surface area contributed by atoms with Crippen molar-refractivity contribution in [3.8, 4) is 55.6 Å². The van der Waals surface area contributed by atoms with Gasteiger partial charge in [0.05, 0.1) is 0 Å². The highest BCUT2D eigenvalue weighted by Gasteiger charge is 2.15. The van der Waals surface area contributed by atoms with Crippen LogP contribution in [0.3, 0.4) is 0 Å². The van der Waals surface area contributed by atoms with E-state index in [4.69, 9.17) is 0 Å². The molecule has 0 aliphatic rings. The molecule has 0 spiro atoms. The standard InChI is InChI=1S/C62H48N2/c1-45-13-33-57(34-14-45)63(59-37-25-53(26-38-59)47-9-5-3-6-10-47)61-41-29-55(30-42-61)51-21-17-49(18-22-51)50-19-23-52(24-20-50)56-31-43-62(44-32-56)64(58-35-15-46(2)16-36-58)60-39-27-54(28-40-60)48-11-7-4-8-12-48/h3-44H,1-2H3. The molecule has 10 rings (SSSR count). The van der Waals surface area contributed by atoms with Crippen LogP contribution in [0.4, 0.5) is 34.1 Å². The molecule has 64 heavy (non-hydrogen) atoms. The number of hydrogen-bond acceptors (Lipinski definition) is 2. The molecule has 0 saturated carbocycles. The maximum atomic E-state index is 2.32. The van der Waals surface area contributed by atoms with Crippen molar-refractivity contribution in [1.82, 2.24) is 0 Å². The van der Waals surface area contributed by atoms with Crippen LogP contribution in [0.25, 0.3) is 55.6 Å². The normalized spacial score (nSPS) is 11.0. The summed E-state index contributed by atoms with van der Waals surface area (Å²) >= 11 is 0. The molecule has 2 nitrogen and oxygen atoms in total. The van der Waals surface area contributed by atoms with Crippen molar-refractivity contribution in [2.75, 3.05) is 9.80 Å². The second-order valence-electron chi connectivity index (χ2n) is 16.4. The first-order valence-electron chi connectivity index (χ1n) is 22.0. The average molecular weight is 821 g/mol. The van der Waals surface area contributed by atoms with E-state index in [1.165, 1.54) is 66.8 Å². The van der Waals surface area contributed by atoms with Gasteiger partial charge in [0.15, 0.2) is 0 Å². The van der Waals surface area contributed by atoms with Gasteiger partial charge in [-0.2, -0.15) is 0 Å². The third-order valence-corrected chi connectivity index (χ3v) is 12.1. The van der Waals surface area contributed by atoms with Crippen molar-refractivity contribution in [2.24, 2.45) is 0 Å². The Labute approximate surface area is 377 Å². The van der Waals surface area contributed by atoms with Gasteiger partial charge >= 0.3 is 0 Å². The summed E-state index contributed by atoms with van der Waals surface area (Å²) in [6.45, 7) is 4.26. The smallest absolute Gasteiger partial charge is 0.0462 e. The zero-order valence-corrected chi connectivity index (χ0v) is 36.1. The van der Waals surface area contributed by atoms with Gasteiger partial charge in [0, 0.05) is 34.1 Å². The van der Waals surface area contributed by atoms with Crippen LogP contribution in [0.5, 0.6) is 0 Å². The highest BCUT2D eigenvalue weighted by Crippen LogP contribution is 2.39. The Hall–Kier alpha value is -8.20. The van der Waals surface area contributed by atoms with Crippen molar-refractivity contribution >= 4 is 34.1 Å². The highest BCUT2D eigenvalue weighted by molar-refractivity contribution is 5.82. The van der Waals surface area contributed by atoms with Crippen LogP contribution in [0.15, 0.2) is 255 Å². The van der Waals surface area contributed by atoms with Gasteiger partial charge < -0.3 is 9.80 Å². The molecular weight excluding hydrogens is 773 g/mol. The molecule has 10 aromatic carbocycles. The molecule has 0 aliphatic heterocycles. The van der Waals surface area contributed by atoms with Gasteiger partial charge in [-0.15, -0.1) is 0 Å². The van der Waals surface area contributed by atoms with Gasteiger partial charge in [-0.3, -0.25) is 0 Å². The minimum atomic E-state index is 1.11. The fourth-order valence-corrected chi connectivity index (χ4v) is 8.47. The molecule has 306 valence electrons. The SMILES string of the molecule is Cc1ccc(N(c2ccc(-c3ccccc3)cc2)c2ccc(-c3ccc(-c4ccc(-c5ccc(N(c6ccc(C)cc6)c6ccc(-c7ccccc7)cc6)cc5)cc4)cc3)cc2)cc1. The summed E-state index contributed by atoms with van der Waals surface area (Å²) in [5.41, 5.74) is 21.2. The molecule has 0 bridgehead atoms. The van der Waals surface area contributed by atoms with Crippen molar-refractivity contribution in [1.29, 1.82) is 0 Å². The van der Waals surface area contributed by atoms with Crippen molar-refractivity contribution in [3.63, 3.8) is 0 Å². The van der Waals surface area contributed by atoms with Gasteiger partial charge in [-0.25, -0.2) is 0 Å². The van der Waals surface area contributed by atoms with Crippen LogP contribution in [-0.2, 0) is 0 Å². The first-order valence-corrected chi connectivity index (χ1v) is 22.0. The lowest BCUT2D eigenvalue weighted by molar-refractivity contribution is 1.27. The van der Waals surface area contributed by atoms with E-state index in [-0.39, 0.29) is 0 Å². The van der Waals surface area contributed by atoms with E-state index < -0.39 is 0 Å². The number of hydrogen-bond donors (Lipinski definition) is 0. The van der Waals surface area contributed by atoms with Gasteiger partial charge in [-0.05, 0) is 142 Å². The van der Waals surface area contributed by atoms with E-state index in [9.17, 15) is 0 Å². The number of rotatable bonds is 11. The fraction of sp³-hybridized carbons (Fsp3) is 0.0323. The Balaban J connectivity index is 0.850. The monoisotopic (exact) mass is 820 g/mol. The van der Waals surface area contributed by atoms with Gasteiger partial charge in [0.2, 0.25) is 0 Å². The Morgan fingerprint density at radius 1 is 0.172 bits per heavy atom. The lowest BCUT2D eigenvalue weighted by Crippen LogP contribution is -2.09. The number of anilines is 6. The Bertz CT molecular complexity index is 2850. The van der Waals surface area contributed by atoms with Crippen LogP contribution in [0.1, 0.15) is 11.1 Å². The average Bonchev–Trinajstić information content (AvgIpc) is 3.37. The molecule has 10 aromatic rings. The fourth-order valence-electron chi connectivity index (χ4n) is 8.47. The first-order chi connectivity index (χ1) is 31.5. The molecule has 0 aromatic heterocycles. The van der Waals surface area contributed by atoms with Crippen LogP contribution in [0, 0.1) is 13.8 Å². The molecule has 0 atom stereocenters. The zero-order chi connectivity index (χ0) is 43.2. The van der Waals surface area contributed by atoms with Crippen molar-refractivity contribution in [3.05, 3.63) is 266 Å². The molecule has 0 saturated heterocycles. The molecule has 0 aliphatic carbocycles. The van der Waals surface area contributed by atoms with E-state index >= 15 is 0 Å². The molecular formula is C62H48N2. The lowest BCUT2D eigenvalue weighted by atomic mass is 9.97. The zero-order valence-electron chi connectivity index (χ0n) is 36.1. The first kappa shape index (κ1) is 39.9. The summed E-state index contributed by atoms with van der Waals surface area (Å²) in [5, 5.41) is 0. The lowest BCUT2D eigenvalue weighted by Gasteiger charge is -2.26. The minimum Gasteiger partial charge on any atom is -0.311 e. The summed E-state index contributed by atoms with van der Waals surface area (Å²) < 4.78 is 0. The number of benzene rings is 10. The third-order valence-electron chi connectivity index (χ3n) is 12.1. The van der Waals surface area contributed by atoms with E-state index in [2.05, 4.69) is 278 Å². The maximum Gasteiger partial charge on any atom is 0.0462 e. The molecule has 0 fully saturated rings. The summed E-state index contributed by atoms with van der Waals surface area (Å²) in [6, 6.07) is 91.9. The van der Waals surface area contributed by atoms with Crippen molar-refractivity contribution < 1.29 is 0 Å². The molecule has 0 heterocycles. The number of aryl methyl sites for hydroxylation is 2. The molecule has 0 amide bonds. The minimum absolute atomic E-state index is 1.11. The predicted octanol–water partition coefficient (Wildman–Crippen LogP) is 17.6. The Morgan fingerprint density at radius 3 is 0.531 bits per heavy atom. The highest BCUT2D eigenvalue weighted by atomic mass is 15.1. The molecule has 0 radical (unpaired) electrons. The van der Waals surface area contributed by atoms with Crippen LogP contribution < -0.4 is 9.80 Å². The van der Waals surface area contributed by atoms with Gasteiger partial charge in [0.25, 0.3) is 0 Å². The van der Waals surface area contributed by atoms with Crippen LogP contribution >= 0.6 is 0 Å². The molecule has 0 unspecified atom stereocenters. The van der Waals surface area contributed by atoms with Crippen molar-refractivity contribution in [2.45, 2.75) is 13.8 Å². The summed E-state index contributed by atoms with van der Waals surface area (Å²) in [4.78, 5) is 4.65. The maximum absolute atomic E-state index is 2.32. The Kier molecular flexibility index (Phi) is 11.2. The second kappa shape index (κ2) is 18.0. The van der Waals surface area contributed by atoms with E-state index in [0.29, 0.717) is 0 Å². The van der Waals surface area contributed by atoms with Gasteiger partial charge in [0.1, 0.15) is 0 Å². The number of nitrogens with zero attached hydrogens (tertiary/aromatic N) is 2. The topological polar surface area (TPSA) is 6.48 Å². The largest absolute Gasteiger partial charge is 0.311 e. The van der Waals surface area contributed by atoms with E-state index in [1.807, 2.05) is 0 Å². The van der Waals surface area contributed by atoms with E-state index in [1.54, 1.807) is 0 Å². The summed E-state index contributed by atoms with van der Waals surface area (Å²) in [5.74, 6) is 0. The third kappa shape index (κ3) is 8.63. The molecule has 2 heteroatoms. The van der Waals surface area contributed by atoms with Gasteiger partial charge in [-0.1, -0.05) is 193 Å². The second-order valence-corrected chi connectivity index (χ2v) is 16.4. The van der Waals surface area contributed by atoms with Crippen LogP contribution in [-0.4, -0.2) is 0 Å².